The van der Waals surface area contributed by atoms with E-state index in [4.69, 9.17) is 5.11 Å². The van der Waals surface area contributed by atoms with Crippen LogP contribution in [0.2, 0.25) is 0 Å². The standard InChI is InChI=1S/C13H16N2O3S/c1-10(19(2)18)8-15-13(17)12-5-6-14-9-11(12)4-3-7-16/h5-6,9-10,16H,7-8H2,1-2H3,(H,15,17). The second kappa shape index (κ2) is 7.67. The molecule has 0 radical (unpaired) electrons. The van der Waals surface area contributed by atoms with Crippen molar-refractivity contribution in [1.82, 2.24) is 10.3 Å². The Hall–Kier alpha value is -1.71. The number of amides is 1. The van der Waals surface area contributed by atoms with Crippen LogP contribution < -0.4 is 5.32 Å². The molecule has 1 amide bonds. The summed E-state index contributed by atoms with van der Waals surface area (Å²) in [6.45, 7) is 1.86. The molecular formula is C13H16N2O3S. The smallest absolute Gasteiger partial charge is 0.252 e. The van der Waals surface area contributed by atoms with Crippen molar-refractivity contribution < 1.29 is 14.1 Å². The minimum atomic E-state index is -0.981. The number of carbonyl (C=O) groups excluding carboxylic acids is 1. The van der Waals surface area contributed by atoms with Gasteiger partial charge in [-0.25, -0.2) is 0 Å². The molecule has 1 rings (SSSR count). The largest absolute Gasteiger partial charge is 0.384 e. The first-order chi connectivity index (χ1) is 9.06. The van der Waals surface area contributed by atoms with Gasteiger partial charge in [-0.2, -0.15) is 0 Å². The van der Waals surface area contributed by atoms with Crippen LogP contribution in [0.1, 0.15) is 22.8 Å². The molecule has 5 nitrogen and oxygen atoms in total. The molecule has 1 heterocycles. The number of aliphatic hydroxyl groups is 1. The van der Waals surface area contributed by atoms with Gasteiger partial charge < -0.3 is 10.4 Å². The van der Waals surface area contributed by atoms with Crippen LogP contribution in [0, 0.1) is 11.8 Å². The van der Waals surface area contributed by atoms with Crippen molar-refractivity contribution in [3.63, 3.8) is 0 Å². The van der Waals surface area contributed by atoms with Gasteiger partial charge in [0, 0.05) is 41.2 Å². The van der Waals surface area contributed by atoms with Gasteiger partial charge in [0.15, 0.2) is 0 Å². The Morgan fingerprint density at radius 1 is 1.63 bits per heavy atom. The summed E-state index contributed by atoms with van der Waals surface area (Å²) in [5.41, 5.74) is 0.851. The predicted molar refractivity (Wildman–Crippen MR) is 74.1 cm³/mol. The monoisotopic (exact) mass is 280 g/mol. The Morgan fingerprint density at radius 2 is 2.37 bits per heavy atom. The summed E-state index contributed by atoms with van der Waals surface area (Å²) in [6.07, 6.45) is 4.57. The fraction of sp³-hybridized carbons (Fsp3) is 0.385. The lowest BCUT2D eigenvalue weighted by molar-refractivity contribution is 0.0953. The Bertz CT molecular complexity index is 534. The van der Waals surface area contributed by atoms with Crippen LogP contribution in [0.15, 0.2) is 18.5 Å². The first-order valence-corrected chi connectivity index (χ1v) is 7.32. The third-order valence-electron chi connectivity index (χ3n) is 2.48. The Labute approximate surface area is 114 Å². The van der Waals surface area contributed by atoms with Gasteiger partial charge in [0.25, 0.3) is 5.91 Å². The molecule has 2 unspecified atom stereocenters. The zero-order valence-corrected chi connectivity index (χ0v) is 11.7. The minimum Gasteiger partial charge on any atom is -0.384 e. The van der Waals surface area contributed by atoms with Crippen molar-refractivity contribution in [1.29, 1.82) is 0 Å². The zero-order valence-electron chi connectivity index (χ0n) is 10.8. The molecule has 19 heavy (non-hydrogen) atoms. The number of pyridine rings is 1. The Balaban J connectivity index is 2.79. The van der Waals surface area contributed by atoms with Crippen molar-refractivity contribution >= 4 is 16.7 Å². The van der Waals surface area contributed by atoms with Crippen molar-refractivity contribution in [2.75, 3.05) is 19.4 Å². The normalized spacial score (nSPS) is 13.0. The first kappa shape index (κ1) is 15.3. The number of aliphatic hydroxyl groups excluding tert-OH is 1. The van der Waals surface area contributed by atoms with E-state index in [2.05, 4.69) is 22.1 Å². The molecule has 0 aliphatic heterocycles. The van der Waals surface area contributed by atoms with E-state index in [0.29, 0.717) is 17.7 Å². The number of hydrogen-bond donors (Lipinski definition) is 2. The second-order valence-electron chi connectivity index (χ2n) is 3.90. The number of rotatable bonds is 4. The van der Waals surface area contributed by atoms with Crippen LogP contribution in [0.3, 0.4) is 0 Å². The molecule has 0 spiro atoms. The maximum atomic E-state index is 12.0. The van der Waals surface area contributed by atoms with E-state index < -0.39 is 10.8 Å². The molecular weight excluding hydrogens is 264 g/mol. The lowest BCUT2D eigenvalue weighted by Crippen LogP contribution is -2.33. The lowest BCUT2D eigenvalue weighted by Gasteiger charge is -2.10. The van der Waals surface area contributed by atoms with Gasteiger partial charge in [0.05, 0.1) is 11.1 Å². The van der Waals surface area contributed by atoms with E-state index >= 15 is 0 Å². The van der Waals surface area contributed by atoms with Gasteiger partial charge in [-0.1, -0.05) is 11.8 Å². The Morgan fingerprint density at radius 3 is 3.00 bits per heavy atom. The summed E-state index contributed by atoms with van der Waals surface area (Å²) in [5, 5.41) is 11.3. The molecule has 0 fully saturated rings. The van der Waals surface area contributed by atoms with Crippen LogP contribution >= 0.6 is 0 Å². The summed E-state index contributed by atoms with van der Waals surface area (Å²) >= 11 is 0. The fourth-order valence-electron chi connectivity index (χ4n) is 1.28. The molecule has 2 atom stereocenters. The van der Waals surface area contributed by atoms with Crippen LogP contribution in [0.4, 0.5) is 0 Å². The molecule has 0 aliphatic carbocycles. The molecule has 102 valence electrons. The highest BCUT2D eigenvalue weighted by molar-refractivity contribution is 7.84. The number of aromatic nitrogens is 1. The molecule has 0 bridgehead atoms. The molecule has 2 N–H and O–H groups in total. The van der Waals surface area contributed by atoms with Crippen molar-refractivity contribution in [3.05, 3.63) is 29.6 Å². The molecule has 1 aromatic heterocycles. The summed E-state index contributed by atoms with van der Waals surface area (Å²) in [7, 11) is -0.981. The molecule has 0 aliphatic rings. The summed E-state index contributed by atoms with van der Waals surface area (Å²) in [4.78, 5) is 15.9. The summed E-state index contributed by atoms with van der Waals surface area (Å²) in [5.74, 6) is 4.86. The van der Waals surface area contributed by atoms with Crippen LogP contribution in [-0.4, -0.2) is 44.9 Å². The fourth-order valence-corrected chi connectivity index (χ4v) is 1.59. The second-order valence-corrected chi connectivity index (χ2v) is 5.70. The summed E-state index contributed by atoms with van der Waals surface area (Å²) < 4.78 is 11.2. The average Bonchev–Trinajstić information content (AvgIpc) is 2.42. The van der Waals surface area contributed by atoms with Crippen LogP contribution in [0.25, 0.3) is 0 Å². The topological polar surface area (TPSA) is 79.3 Å². The van der Waals surface area contributed by atoms with Gasteiger partial charge in [-0.3, -0.25) is 14.0 Å². The highest BCUT2D eigenvalue weighted by Crippen LogP contribution is 2.05. The molecule has 0 aromatic carbocycles. The van der Waals surface area contributed by atoms with E-state index in [1.54, 1.807) is 19.2 Å². The van der Waals surface area contributed by atoms with E-state index in [-0.39, 0.29) is 17.8 Å². The van der Waals surface area contributed by atoms with Gasteiger partial charge in [-0.05, 0) is 13.0 Å². The summed E-state index contributed by atoms with van der Waals surface area (Å²) in [6, 6.07) is 1.56. The van der Waals surface area contributed by atoms with E-state index in [9.17, 15) is 9.00 Å². The quantitative estimate of drug-likeness (QED) is 0.756. The SMILES string of the molecule is CC(CNC(=O)c1ccncc1C#CCO)S(C)=O. The molecule has 6 heteroatoms. The molecule has 1 aromatic rings. The highest BCUT2D eigenvalue weighted by Gasteiger charge is 2.12. The van der Waals surface area contributed by atoms with E-state index in [0.717, 1.165) is 0 Å². The van der Waals surface area contributed by atoms with Crippen LogP contribution in [0.5, 0.6) is 0 Å². The zero-order chi connectivity index (χ0) is 14.3. The molecule has 0 saturated heterocycles. The lowest BCUT2D eigenvalue weighted by atomic mass is 10.1. The number of nitrogens with one attached hydrogen (secondary N) is 1. The maximum Gasteiger partial charge on any atom is 0.252 e. The van der Waals surface area contributed by atoms with Crippen molar-refractivity contribution in [2.45, 2.75) is 12.2 Å². The highest BCUT2D eigenvalue weighted by atomic mass is 32.2. The third kappa shape index (κ3) is 4.81. The van der Waals surface area contributed by atoms with Gasteiger partial charge in [0.1, 0.15) is 6.61 Å². The van der Waals surface area contributed by atoms with E-state index in [1.807, 2.05) is 0 Å². The average molecular weight is 280 g/mol. The van der Waals surface area contributed by atoms with Gasteiger partial charge >= 0.3 is 0 Å². The number of hydrogen-bond acceptors (Lipinski definition) is 4. The minimum absolute atomic E-state index is 0.113. The van der Waals surface area contributed by atoms with Crippen molar-refractivity contribution in [3.8, 4) is 11.8 Å². The predicted octanol–water partition coefficient (Wildman–Crippen LogP) is -0.0778. The number of carbonyl (C=O) groups is 1. The van der Waals surface area contributed by atoms with Gasteiger partial charge in [0.2, 0.25) is 0 Å². The first-order valence-electron chi connectivity index (χ1n) is 5.70. The Kier molecular flexibility index (Phi) is 6.19. The van der Waals surface area contributed by atoms with Crippen molar-refractivity contribution in [2.24, 2.45) is 0 Å². The van der Waals surface area contributed by atoms with Gasteiger partial charge in [-0.15, -0.1) is 0 Å². The molecule has 0 saturated carbocycles. The maximum absolute atomic E-state index is 12.0. The number of nitrogens with zero attached hydrogens (tertiary/aromatic N) is 1. The van der Waals surface area contributed by atoms with E-state index in [1.165, 1.54) is 12.4 Å². The van der Waals surface area contributed by atoms with Crippen LogP contribution in [-0.2, 0) is 10.8 Å². The third-order valence-corrected chi connectivity index (χ3v) is 3.78.